The van der Waals surface area contributed by atoms with E-state index in [1.165, 1.54) is 10.4 Å². The first-order valence-electron chi connectivity index (χ1n) is 7.87. The minimum Gasteiger partial charge on any atom is -0.350 e. The summed E-state index contributed by atoms with van der Waals surface area (Å²) in [6, 6.07) is 5.51. The van der Waals surface area contributed by atoms with Gasteiger partial charge in [-0.15, -0.1) is 0 Å². The summed E-state index contributed by atoms with van der Waals surface area (Å²) >= 11 is 12.1. The topological polar surface area (TPSA) is 101 Å². The molecule has 10 heteroatoms. The molecule has 8 nitrogen and oxygen atoms in total. The summed E-state index contributed by atoms with van der Waals surface area (Å²) in [5, 5.41) is 3.83. The van der Waals surface area contributed by atoms with Gasteiger partial charge in [-0.2, -0.15) is 9.97 Å². The van der Waals surface area contributed by atoms with Crippen molar-refractivity contribution in [1.82, 2.24) is 29.0 Å². The number of aromatic nitrogens is 6. The van der Waals surface area contributed by atoms with Crippen molar-refractivity contribution in [1.29, 1.82) is 0 Å². The van der Waals surface area contributed by atoms with Crippen molar-refractivity contribution in [3.05, 3.63) is 51.4 Å². The summed E-state index contributed by atoms with van der Waals surface area (Å²) < 4.78 is 1.25. The number of aromatic amines is 1. The van der Waals surface area contributed by atoms with Crippen LogP contribution in [0.2, 0.25) is 5.15 Å². The van der Waals surface area contributed by atoms with Crippen LogP contribution in [-0.4, -0.2) is 29.0 Å². The van der Waals surface area contributed by atoms with Crippen LogP contribution in [0.3, 0.4) is 0 Å². The van der Waals surface area contributed by atoms with E-state index in [9.17, 15) is 4.79 Å². The van der Waals surface area contributed by atoms with Gasteiger partial charge in [0.05, 0.1) is 10.9 Å². The van der Waals surface area contributed by atoms with Crippen LogP contribution in [0, 0.1) is 0 Å². The zero-order chi connectivity index (χ0) is 18.3. The number of hydrogen-bond donors (Lipinski definition) is 2. The van der Waals surface area contributed by atoms with Gasteiger partial charge in [0.1, 0.15) is 17.7 Å². The van der Waals surface area contributed by atoms with E-state index in [-0.39, 0.29) is 10.7 Å². The lowest BCUT2D eigenvalue weighted by Gasteiger charge is -2.07. The summed E-state index contributed by atoms with van der Waals surface area (Å²) in [6.45, 7) is 2.35. The van der Waals surface area contributed by atoms with Crippen molar-refractivity contribution >= 4 is 51.4 Å². The molecule has 0 bridgehead atoms. The standard InChI is InChI=1S/C16H13Cl2N7O/c1-2-11-21-10-4-3-8(5-9(10)15(26)22-11)6-19-16-23-13(17)12-14(24-16)25(18)7-20-12/h3-5,7H,2,6H2,1H3,(H,19,23,24)(H,21,22,26). The highest BCUT2D eigenvalue weighted by Crippen LogP contribution is 2.21. The van der Waals surface area contributed by atoms with Crippen molar-refractivity contribution in [2.24, 2.45) is 0 Å². The molecule has 132 valence electrons. The first-order valence-corrected chi connectivity index (χ1v) is 8.59. The molecule has 0 atom stereocenters. The van der Waals surface area contributed by atoms with Gasteiger partial charge in [0.15, 0.2) is 10.8 Å². The van der Waals surface area contributed by atoms with Crippen molar-refractivity contribution < 1.29 is 0 Å². The number of nitrogens with zero attached hydrogens (tertiary/aromatic N) is 5. The molecule has 26 heavy (non-hydrogen) atoms. The number of anilines is 1. The van der Waals surface area contributed by atoms with Gasteiger partial charge in [-0.1, -0.05) is 24.6 Å². The number of imidazole rings is 1. The molecular formula is C16H13Cl2N7O. The summed E-state index contributed by atoms with van der Waals surface area (Å²) in [7, 11) is 0. The number of H-pyrrole nitrogens is 1. The van der Waals surface area contributed by atoms with Crippen LogP contribution in [0.15, 0.2) is 29.3 Å². The first kappa shape index (κ1) is 16.7. The fraction of sp³-hybridized carbons (Fsp3) is 0.188. The molecule has 4 rings (SSSR count). The van der Waals surface area contributed by atoms with Gasteiger partial charge in [-0.25, -0.2) is 14.1 Å². The Labute approximate surface area is 157 Å². The number of nitrogens with one attached hydrogen (secondary N) is 2. The Bertz CT molecular complexity index is 1180. The molecule has 4 aromatic rings. The number of rotatable bonds is 4. The predicted molar refractivity (Wildman–Crippen MR) is 101 cm³/mol. The number of aryl methyl sites for hydroxylation is 1. The SMILES string of the molecule is CCc1nc2ccc(CNc3nc(Cl)c4ncn(Cl)c4n3)cc2c(=O)[nH]1. The van der Waals surface area contributed by atoms with Crippen molar-refractivity contribution in [3.63, 3.8) is 0 Å². The number of fused-ring (bicyclic) bond motifs is 2. The minimum atomic E-state index is -0.152. The molecule has 0 radical (unpaired) electrons. The van der Waals surface area contributed by atoms with Gasteiger partial charge < -0.3 is 10.3 Å². The Balaban J connectivity index is 1.63. The van der Waals surface area contributed by atoms with Crippen LogP contribution in [0.1, 0.15) is 18.3 Å². The van der Waals surface area contributed by atoms with E-state index in [0.717, 1.165) is 5.56 Å². The lowest BCUT2D eigenvalue weighted by molar-refractivity contribution is 0.943. The van der Waals surface area contributed by atoms with Gasteiger partial charge in [0, 0.05) is 24.7 Å². The second-order valence-corrected chi connectivity index (χ2v) is 6.36. The average molecular weight is 390 g/mol. The third-order valence-electron chi connectivity index (χ3n) is 3.92. The van der Waals surface area contributed by atoms with E-state index >= 15 is 0 Å². The molecule has 0 spiro atoms. The minimum absolute atomic E-state index is 0.152. The molecule has 0 unspecified atom stereocenters. The Kier molecular flexibility index (Phi) is 4.21. The van der Waals surface area contributed by atoms with Gasteiger partial charge in [-0.05, 0) is 17.7 Å². The molecule has 1 aromatic carbocycles. The Morgan fingerprint density at radius 2 is 2.12 bits per heavy atom. The fourth-order valence-electron chi connectivity index (χ4n) is 2.61. The van der Waals surface area contributed by atoms with Gasteiger partial charge >= 0.3 is 0 Å². The molecule has 0 aliphatic carbocycles. The zero-order valence-corrected chi connectivity index (χ0v) is 15.1. The highest BCUT2D eigenvalue weighted by Gasteiger charge is 2.11. The second-order valence-electron chi connectivity index (χ2n) is 5.64. The lowest BCUT2D eigenvalue weighted by atomic mass is 10.1. The molecule has 3 aromatic heterocycles. The van der Waals surface area contributed by atoms with Crippen molar-refractivity contribution in [2.75, 3.05) is 5.32 Å². The molecule has 0 aliphatic rings. The summed E-state index contributed by atoms with van der Waals surface area (Å²) in [5.74, 6) is 0.987. The smallest absolute Gasteiger partial charge is 0.258 e. The molecule has 0 amide bonds. The summed E-state index contributed by atoms with van der Waals surface area (Å²) in [5.41, 5.74) is 2.25. The normalized spacial score (nSPS) is 11.3. The van der Waals surface area contributed by atoms with Gasteiger partial charge in [0.25, 0.3) is 5.56 Å². The van der Waals surface area contributed by atoms with Crippen LogP contribution in [0.4, 0.5) is 5.95 Å². The quantitative estimate of drug-likeness (QED) is 0.520. The monoisotopic (exact) mass is 389 g/mol. The summed E-state index contributed by atoms with van der Waals surface area (Å²) in [6.07, 6.45) is 2.08. The molecule has 0 aliphatic heterocycles. The molecule has 0 fully saturated rings. The van der Waals surface area contributed by atoms with Crippen LogP contribution >= 0.6 is 23.4 Å². The van der Waals surface area contributed by atoms with Gasteiger partial charge in [0.2, 0.25) is 5.95 Å². The molecule has 3 heterocycles. The van der Waals surface area contributed by atoms with Crippen molar-refractivity contribution in [2.45, 2.75) is 19.9 Å². The molecule has 2 N–H and O–H groups in total. The summed E-state index contributed by atoms with van der Waals surface area (Å²) in [4.78, 5) is 31.9. The van der Waals surface area contributed by atoms with Crippen LogP contribution in [0.25, 0.3) is 22.1 Å². The average Bonchev–Trinajstić information content (AvgIpc) is 3.01. The fourth-order valence-corrected chi connectivity index (χ4v) is 2.99. The van der Waals surface area contributed by atoms with Crippen LogP contribution < -0.4 is 10.9 Å². The first-order chi connectivity index (χ1) is 12.5. The zero-order valence-electron chi connectivity index (χ0n) is 13.6. The largest absolute Gasteiger partial charge is 0.350 e. The second kappa shape index (κ2) is 6.54. The number of benzene rings is 1. The van der Waals surface area contributed by atoms with E-state index in [2.05, 4.69) is 30.2 Å². The number of halogens is 2. The van der Waals surface area contributed by atoms with E-state index in [4.69, 9.17) is 23.4 Å². The maximum absolute atomic E-state index is 12.2. The van der Waals surface area contributed by atoms with Gasteiger partial charge in [-0.3, -0.25) is 4.79 Å². The predicted octanol–water partition coefficient (Wildman–Crippen LogP) is 2.89. The van der Waals surface area contributed by atoms with E-state index in [1.807, 2.05) is 19.1 Å². The Morgan fingerprint density at radius 3 is 2.92 bits per heavy atom. The molecular weight excluding hydrogens is 377 g/mol. The molecule has 0 saturated heterocycles. The number of hydrogen-bond acceptors (Lipinski definition) is 6. The van der Waals surface area contributed by atoms with E-state index < -0.39 is 0 Å². The van der Waals surface area contributed by atoms with E-state index in [0.29, 0.717) is 46.8 Å². The van der Waals surface area contributed by atoms with Crippen LogP contribution in [0.5, 0.6) is 0 Å². The lowest BCUT2D eigenvalue weighted by Crippen LogP contribution is -2.12. The maximum Gasteiger partial charge on any atom is 0.258 e. The highest BCUT2D eigenvalue weighted by molar-refractivity contribution is 6.34. The van der Waals surface area contributed by atoms with Crippen LogP contribution in [-0.2, 0) is 13.0 Å². The molecule has 0 saturated carbocycles. The van der Waals surface area contributed by atoms with E-state index in [1.54, 1.807) is 6.07 Å². The third-order valence-corrected chi connectivity index (χ3v) is 4.43. The van der Waals surface area contributed by atoms with Crippen molar-refractivity contribution in [3.8, 4) is 0 Å². The maximum atomic E-state index is 12.2. The Hall–Kier alpha value is -2.71. The Morgan fingerprint density at radius 1 is 1.27 bits per heavy atom. The highest BCUT2D eigenvalue weighted by atomic mass is 35.5. The third kappa shape index (κ3) is 2.97.